The van der Waals surface area contributed by atoms with E-state index in [1.807, 2.05) is 0 Å². The van der Waals surface area contributed by atoms with Crippen LogP contribution in [-0.4, -0.2) is 49.4 Å². The zero-order chi connectivity index (χ0) is 11.9. The van der Waals surface area contributed by atoms with Crippen molar-refractivity contribution in [2.24, 2.45) is 5.92 Å². The Balaban J connectivity index is 2.30. The summed E-state index contributed by atoms with van der Waals surface area (Å²) in [5.41, 5.74) is 0.709. The predicted octanol–water partition coefficient (Wildman–Crippen LogP) is 0.125. The van der Waals surface area contributed by atoms with Crippen LogP contribution in [0.5, 0.6) is 0 Å². The normalized spacial score (nSPS) is 31.8. The summed E-state index contributed by atoms with van der Waals surface area (Å²) in [5, 5.41) is -0.250. The standard InChI is InChI=1S/C9H12BrNO4S/c1-15-4-7-8(12)11-3-6(2-10)5-16(13,14)9(7)11/h3,7,9H,2,4-5H2,1H3/t7-,9-/m0/s1. The van der Waals surface area contributed by atoms with E-state index in [0.717, 1.165) is 0 Å². The number of β-lactam (4-membered cyclic amide) rings is 1. The van der Waals surface area contributed by atoms with E-state index < -0.39 is 21.1 Å². The van der Waals surface area contributed by atoms with Gasteiger partial charge >= 0.3 is 0 Å². The number of alkyl halides is 1. The molecule has 0 aliphatic carbocycles. The van der Waals surface area contributed by atoms with E-state index in [1.165, 1.54) is 12.0 Å². The topological polar surface area (TPSA) is 63.7 Å². The van der Waals surface area contributed by atoms with Gasteiger partial charge in [-0.1, -0.05) is 15.9 Å². The van der Waals surface area contributed by atoms with Crippen LogP contribution in [-0.2, 0) is 19.4 Å². The van der Waals surface area contributed by atoms with Crippen LogP contribution in [0.2, 0.25) is 0 Å². The van der Waals surface area contributed by atoms with Crippen LogP contribution in [0.3, 0.4) is 0 Å². The molecule has 0 aromatic carbocycles. The van der Waals surface area contributed by atoms with Crippen molar-refractivity contribution in [2.45, 2.75) is 5.37 Å². The van der Waals surface area contributed by atoms with Gasteiger partial charge in [-0.15, -0.1) is 0 Å². The minimum absolute atomic E-state index is 0.0207. The third-order valence-electron chi connectivity index (χ3n) is 2.78. The summed E-state index contributed by atoms with van der Waals surface area (Å²) >= 11 is 3.20. The molecule has 0 spiro atoms. The second-order valence-electron chi connectivity index (χ2n) is 3.93. The molecule has 0 aromatic heterocycles. The first-order valence-corrected chi connectivity index (χ1v) is 7.63. The maximum Gasteiger partial charge on any atom is 0.236 e. The molecule has 2 aliphatic rings. The second kappa shape index (κ2) is 4.12. The number of nitrogens with zero attached hydrogens (tertiary/aromatic N) is 1. The first kappa shape index (κ1) is 12.1. The zero-order valence-electron chi connectivity index (χ0n) is 8.72. The molecular formula is C9H12BrNO4S. The molecule has 0 unspecified atom stereocenters. The maximum absolute atomic E-state index is 11.9. The van der Waals surface area contributed by atoms with Gasteiger partial charge in [-0.3, -0.25) is 4.79 Å². The number of amides is 1. The smallest absolute Gasteiger partial charge is 0.236 e. The number of hydrogen-bond donors (Lipinski definition) is 0. The van der Waals surface area contributed by atoms with Gasteiger partial charge in [0.1, 0.15) is 0 Å². The number of ether oxygens (including phenoxy) is 1. The van der Waals surface area contributed by atoms with Crippen molar-refractivity contribution >= 4 is 31.7 Å². The van der Waals surface area contributed by atoms with E-state index in [0.29, 0.717) is 10.9 Å². The first-order valence-electron chi connectivity index (χ1n) is 4.79. The third-order valence-corrected chi connectivity index (χ3v) is 5.57. The van der Waals surface area contributed by atoms with Crippen molar-refractivity contribution < 1.29 is 17.9 Å². The fourth-order valence-corrected chi connectivity index (χ4v) is 4.77. The van der Waals surface area contributed by atoms with Crippen LogP contribution in [0.25, 0.3) is 0 Å². The predicted molar refractivity (Wildman–Crippen MR) is 61.7 cm³/mol. The number of rotatable bonds is 3. The first-order chi connectivity index (χ1) is 7.51. The Bertz CT molecular complexity index is 444. The van der Waals surface area contributed by atoms with Crippen LogP contribution in [0.1, 0.15) is 0 Å². The number of carbonyl (C=O) groups excluding carboxylic acids is 1. The number of sulfone groups is 1. The van der Waals surface area contributed by atoms with Crippen LogP contribution >= 0.6 is 15.9 Å². The minimum atomic E-state index is -3.26. The van der Waals surface area contributed by atoms with Crippen LogP contribution in [0.15, 0.2) is 11.8 Å². The van der Waals surface area contributed by atoms with Crippen LogP contribution < -0.4 is 0 Å². The Morgan fingerprint density at radius 1 is 1.62 bits per heavy atom. The van der Waals surface area contributed by atoms with Crippen molar-refractivity contribution in [3.63, 3.8) is 0 Å². The molecule has 2 atom stereocenters. The lowest BCUT2D eigenvalue weighted by atomic mass is 9.99. The van der Waals surface area contributed by atoms with E-state index in [2.05, 4.69) is 15.9 Å². The van der Waals surface area contributed by atoms with Gasteiger partial charge in [-0.25, -0.2) is 8.42 Å². The van der Waals surface area contributed by atoms with E-state index in [4.69, 9.17) is 4.74 Å². The lowest BCUT2D eigenvalue weighted by Crippen LogP contribution is -2.65. The van der Waals surface area contributed by atoms with Gasteiger partial charge in [-0.05, 0) is 5.57 Å². The maximum atomic E-state index is 11.9. The molecule has 5 nitrogen and oxygen atoms in total. The van der Waals surface area contributed by atoms with E-state index in [1.54, 1.807) is 6.20 Å². The van der Waals surface area contributed by atoms with Crippen molar-refractivity contribution in [1.29, 1.82) is 0 Å². The summed E-state index contributed by atoms with van der Waals surface area (Å²) in [6, 6.07) is 0. The molecule has 1 amide bonds. The number of methoxy groups -OCH3 is 1. The Morgan fingerprint density at radius 2 is 2.31 bits per heavy atom. The average molecular weight is 310 g/mol. The zero-order valence-corrected chi connectivity index (χ0v) is 11.1. The minimum Gasteiger partial charge on any atom is -0.384 e. The van der Waals surface area contributed by atoms with Gasteiger partial charge in [0, 0.05) is 18.6 Å². The monoisotopic (exact) mass is 309 g/mol. The van der Waals surface area contributed by atoms with Crippen molar-refractivity contribution in [1.82, 2.24) is 4.90 Å². The molecule has 2 rings (SSSR count). The molecular weight excluding hydrogens is 298 g/mol. The summed E-state index contributed by atoms with van der Waals surface area (Å²) in [6.07, 6.45) is 1.63. The highest BCUT2D eigenvalue weighted by molar-refractivity contribution is 9.09. The highest BCUT2D eigenvalue weighted by Gasteiger charge is 2.55. The van der Waals surface area contributed by atoms with Crippen LogP contribution in [0.4, 0.5) is 0 Å². The summed E-state index contributed by atoms with van der Waals surface area (Å²) < 4.78 is 28.7. The quantitative estimate of drug-likeness (QED) is 0.549. The molecule has 0 radical (unpaired) electrons. The van der Waals surface area contributed by atoms with Gasteiger partial charge in [-0.2, -0.15) is 0 Å². The van der Waals surface area contributed by atoms with Crippen molar-refractivity contribution in [2.75, 3.05) is 24.8 Å². The van der Waals surface area contributed by atoms with Gasteiger partial charge in [0.2, 0.25) is 5.91 Å². The molecule has 7 heteroatoms. The van der Waals surface area contributed by atoms with Crippen LogP contribution in [0, 0.1) is 5.92 Å². The largest absolute Gasteiger partial charge is 0.384 e. The summed E-state index contributed by atoms with van der Waals surface area (Å²) in [5.74, 6) is -0.691. The highest BCUT2D eigenvalue weighted by atomic mass is 79.9. The molecule has 90 valence electrons. The Hall–Kier alpha value is -0.400. The van der Waals surface area contributed by atoms with Crippen molar-refractivity contribution in [3.05, 3.63) is 11.8 Å². The SMILES string of the molecule is COC[C@H]1C(=O)N2C=C(CBr)CS(=O)(=O)[C@@H]12. The number of halogens is 1. The Morgan fingerprint density at radius 3 is 2.88 bits per heavy atom. The number of carbonyl (C=O) groups is 1. The molecule has 0 aromatic rings. The molecule has 1 fully saturated rings. The van der Waals surface area contributed by atoms with Gasteiger partial charge in [0.25, 0.3) is 0 Å². The van der Waals surface area contributed by atoms with E-state index in [-0.39, 0.29) is 18.3 Å². The highest BCUT2D eigenvalue weighted by Crippen LogP contribution is 2.36. The summed E-state index contributed by atoms with van der Waals surface area (Å²) in [7, 11) is -1.80. The van der Waals surface area contributed by atoms with Gasteiger partial charge in [0.15, 0.2) is 15.2 Å². The lowest BCUT2D eigenvalue weighted by molar-refractivity contribution is -0.149. The molecule has 16 heavy (non-hydrogen) atoms. The second-order valence-corrected chi connectivity index (χ2v) is 6.58. The number of hydrogen-bond acceptors (Lipinski definition) is 4. The molecule has 0 saturated carbocycles. The van der Waals surface area contributed by atoms with Crippen molar-refractivity contribution in [3.8, 4) is 0 Å². The summed E-state index contributed by atoms with van der Waals surface area (Å²) in [4.78, 5) is 13.0. The Labute approximate surface area is 102 Å². The fraction of sp³-hybridized carbons (Fsp3) is 0.667. The molecule has 1 saturated heterocycles. The number of fused-ring (bicyclic) bond motifs is 1. The van der Waals surface area contributed by atoms with E-state index in [9.17, 15) is 13.2 Å². The summed E-state index contributed by atoms with van der Waals surface area (Å²) in [6.45, 7) is 0.163. The van der Waals surface area contributed by atoms with E-state index >= 15 is 0 Å². The average Bonchev–Trinajstić information content (AvgIpc) is 2.24. The fourth-order valence-electron chi connectivity index (χ4n) is 2.09. The van der Waals surface area contributed by atoms with Gasteiger partial charge in [0.05, 0.1) is 18.3 Å². The molecule has 0 N–H and O–H groups in total. The molecule has 0 bridgehead atoms. The lowest BCUT2D eigenvalue weighted by Gasteiger charge is -2.46. The molecule has 2 heterocycles. The third kappa shape index (κ3) is 1.70. The Kier molecular flexibility index (Phi) is 3.11. The van der Waals surface area contributed by atoms with Gasteiger partial charge < -0.3 is 9.64 Å². The molecule has 2 aliphatic heterocycles.